The number of anilines is 3. The molecule has 2 nitrogen and oxygen atoms in total. The van der Waals surface area contributed by atoms with E-state index in [1.54, 1.807) is 0 Å². The zero-order chi connectivity index (χ0) is 33.7. The first-order chi connectivity index (χ1) is 25.3. The van der Waals surface area contributed by atoms with Crippen LogP contribution in [0, 0.1) is 0 Å². The van der Waals surface area contributed by atoms with Crippen LogP contribution in [0.3, 0.4) is 0 Å². The molecule has 0 N–H and O–H groups in total. The van der Waals surface area contributed by atoms with E-state index in [2.05, 4.69) is 204 Å². The maximum absolute atomic E-state index is 2.40. The van der Waals surface area contributed by atoms with Crippen molar-refractivity contribution in [2.24, 2.45) is 0 Å². The normalized spacial score (nSPS) is 11.5. The van der Waals surface area contributed by atoms with Gasteiger partial charge in [0.2, 0.25) is 0 Å². The minimum absolute atomic E-state index is 0.340. The average molecular weight is 716 g/mol. The van der Waals surface area contributed by atoms with Crippen LogP contribution in [0.1, 0.15) is 0 Å². The maximum Gasteiger partial charge on any atom is -0.0544 e. The largest absolute Gasteiger partial charge is 0.0617 e. The third kappa shape index (κ3) is 5.18. The fourth-order valence-electron chi connectivity index (χ4n) is 7.54. The van der Waals surface area contributed by atoms with Crippen LogP contribution in [-0.4, -0.2) is 19.1 Å². The Labute approximate surface area is 302 Å². The second kappa shape index (κ2) is 12.3. The molecule has 2 heterocycles. The number of rotatable bonds is 6. The SMILES string of the molecule is c1ccc(-c2ccc(N(c3ccc(-c4ccc5c(c4)[se]c4ccccc45)cc3)c3ccc4c(c3)c3ccccc3n4-c3ccccc3)cc2)cc1. The van der Waals surface area contributed by atoms with Gasteiger partial charge in [0.15, 0.2) is 0 Å². The predicted molar refractivity (Wildman–Crippen MR) is 218 cm³/mol. The number of benzene rings is 8. The number of para-hydroxylation sites is 2. The number of fused-ring (bicyclic) bond motifs is 6. The summed E-state index contributed by atoms with van der Waals surface area (Å²) in [5, 5.41) is 5.26. The molecule has 0 aliphatic rings. The van der Waals surface area contributed by atoms with E-state index in [0.29, 0.717) is 14.5 Å². The summed E-state index contributed by atoms with van der Waals surface area (Å²) < 4.78 is 5.32. The van der Waals surface area contributed by atoms with Crippen LogP contribution in [0.15, 0.2) is 194 Å². The van der Waals surface area contributed by atoms with Gasteiger partial charge in [-0.25, -0.2) is 0 Å². The Morgan fingerprint density at radius 1 is 0.333 bits per heavy atom. The Kier molecular flexibility index (Phi) is 7.20. The third-order valence-electron chi connectivity index (χ3n) is 10.00. The molecule has 0 aliphatic carbocycles. The van der Waals surface area contributed by atoms with Gasteiger partial charge in [0.05, 0.1) is 5.52 Å². The molecule has 51 heavy (non-hydrogen) atoms. The molecular formula is C48H32N2Se. The van der Waals surface area contributed by atoms with E-state index >= 15 is 0 Å². The topological polar surface area (TPSA) is 8.17 Å². The second-order valence-corrected chi connectivity index (χ2v) is 15.3. The van der Waals surface area contributed by atoms with Crippen LogP contribution < -0.4 is 4.90 Å². The third-order valence-corrected chi connectivity index (χ3v) is 12.4. The van der Waals surface area contributed by atoms with Crippen molar-refractivity contribution >= 4 is 72.7 Å². The summed E-state index contributed by atoms with van der Waals surface area (Å²) in [6.45, 7) is 0. The smallest absolute Gasteiger partial charge is 0.0544 e. The van der Waals surface area contributed by atoms with Crippen molar-refractivity contribution in [3.63, 3.8) is 0 Å². The molecule has 0 amide bonds. The summed E-state index contributed by atoms with van der Waals surface area (Å²) >= 11 is 0.340. The first-order valence-electron chi connectivity index (χ1n) is 17.3. The van der Waals surface area contributed by atoms with Crippen LogP contribution in [-0.2, 0) is 0 Å². The molecule has 3 heteroatoms. The minimum Gasteiger partial charge on any atom is -0.0617 e. The molecule has 0 spiro atoms. The molecule has 0 fully saturated rings. The van der Waals surface area contributed by atoms with E-state index in [0.717, 1.165) is 22.7 Å². The Hall–Kier alpha value is -6.12. The van der Waals surface area contributed by atoms with Crippen molar-refractivity contribution in [3.05, 3.63) is 194 Å². The number of hydrogen-bond donors (Lipinski definition) is 0. The second-order valence-electron chi connectivity index (χ2n) is 13.0. The van der Waals surface area contributed by atoms with Crippen molar-refractivity contribution < 1.29 is 0 Å². The van der Waals surface area contributed by atoms with Gasteiger partial charge in [0.25, 0.3) is 0 Å². The van der Waals surface area contributed by atoms with Crippen molar-refractivity contribution in [2.45, 2.75) is 0 Å². The monoisotopic (exact) mass is 716 g/mol. The number of aromatic nitrogens is 1. The molecule has 0 aliphatic heterocycles. The van der Waals surface area contributed by atoms with Crippen LogP contribution >= 0.6 is 0 Å². The van der Waals surface area contributed by atoms with Crippen LogP contribution in [0.5, 0.6) is 0 Å². The van der Waals surface area contributed by atoms with Crippen LogP contribution in [0.25, 0.3) is 69.0 Å². The van der Waals surface area contributed by atoms with E-state index in [4.69, 9.17) is 0 Å². The van der Waals surface area contributed by atoms with E-state index in [1.807, 2.05) is 0 Å². The van der Waals surface area contributed by atoms with E-state index < -0.39 is 0 Å². The van der Waals surface area contributed by atoms with Crippen molar-refractivity contribution in [1.82, 2.24) is 4.57 Å². The van der Waals surface area contributed by atoms with Crippen molar-refractivity contribution in [2.75, 3.05) is 4.90 Å². The molecule has 0 saturated carbocycles. The molecule has 0 atom stereocenters. The number of nitrogens with zero attached hydrogens (tertiary/aromatic N) is 2. The summed E-state index contributed by atoms with van der Waals surface area (Å²) in [5.41, 5.74) is 11.8. The molecule has 10 aromatic rings. The van der Waals surface area contributed by atoms with Gasteiger partial charge in [-0.05, 0) is 23.8 Å². The first kappa shape index (κ1) is 29.8. The van der Waals surface area contributed by atoms with Crippen molar-refractivity contribution in [3.8, 4) is 27.9 Å². The van der Waals surface area contributed by atoms with Gasteiger partial charge in [-0.1, -0.05) is 66.7 Å². The summed E-state index contributed by atoms with van der Waals surface area (Å²) in [5.74, 6) is 0. The van der Waals surface area contributed by atoms with Gasteiger partial charge in [-0.15, -0.1) is 0 Å². The molecule has 0 saturated heterocycles. The Bertz CT molecular complexity index is 2830. The van der Waals surface area contributed by atoms with E-state index in [-0.39, 0.29) is 0 Å². The average Bonchev–Trinajstić information content (AvgIpc) is 3.74. The fourth-order valence-corrected chi connectivity index (χ4v) is 9.95. The van der Waals surface area contributed by atoms with Gasteiger partial charge in [0, 0.05) is 5.69 Å². The number of hydrogen-bond acceptors (Lipinski definition) is 1. The molecule has 240 valence electrons. The van der Waals surface area contributed by atoms with Crippen LogP contribution in [0.2, 0.25) is 0 Å². The Balaban J connectivity index is 1.10. The quantitative estimate of drug-likeness (QED) is 0.156. The summed E-state index contributed by atoms with van der Waals surface area (Å²) in [6.07, 6.45) is 0. The van der Waals surface area contributed by atoms with Gasteiger partial charge in [-0.2, -0.15) is 0 Å². The zero-order valence-corrected chi connectivity index (χ0v) is 29.5. The standard InChI is InChI=1S/C48H32N2Se/c1-3-11-33(12-4-1)34-19-24-38(25-20-34)49(39-26-21-35(22-27-39)36-23-29-43-42-16-8-10-18-47(42)51-48(43)31-36)40-28-30-46-44(32-40)41-15-7-9-17-45(41)50(46)37-13-5-2-6-14-37/h1-32H. The predicted octanol–water partition coefficient (Wildman–Crippen LogP) is 13.0. The Morgan fingerprint density at radius 3 is 1.61 bits per heavy atom. The minimum atomic E-state index is 0.340. The van der Waals surface area contributed by atoms with Gasteiger partial charge < -0.3 is 4.57 Å². The van der Waals surface area contributed by atoms with Gasteiger partial charge in [-0.3, -0.25) is 0 Å². The molecule has 0 radical (unpaired) electrons. The molecule has 2 aromatic heterocycles. The molecular weight excluding hydrogens is 684 g/mol. The molecule has 0 unspecified atom stereocenters. The summed E-state index contributed by atoms with van der Waals surface area (Å²) in [7, 11) is 0. The van der Waals surface area contributed by atoms with Crippen LogP contribution in [0.4, 0.5) is 17.1 Å². The first-order valence-corrected chi connectivity index (χ1v) is 19.1. The molecule has 0 bridgehead atoms. The van der Waals surface area contributed by atoms with Crippen molar-refractivity contribution in [1.29, 1.82) is 0 Å². The van der Waals surface area contributed by atoms with E-state index in [9.17, 15) is 0 Å². The molecule has 10 rings (SSSR count). The molecule has 8 aromatic carbocycles. The summed E-state index contributed by atoms with van der Waals surface area (Å²) in [4.78, 5) is 2.38. The summed E-state index contributed by atoms with van der Waals surface area (Å²) in [6, 6.07) is 70.8. The maximum atomic E-state index is 2.40. The Morgan fingerprint density at radius 2 is 0.863 bits per heavy atom. The fraction of sp³-hybridized carbons (Fsp3) is 0. The zero-order valence-electron chi connectivity index (χ0n) is 27.8. The van der Waals surface area contributed by atoms with Gasteiger partial charge >= 0.3 is 198 Å². The van der Waals surface area contributed by atoms with E-state index in [1.165, 1.54) is 63.4 Å². The van der Waals surface area contributed by atoms with Gasteiger partial charge in [0.1, 0.15) is 0 Å².